The maximum Gasteiger partial charge on any atom is 0.422 e. The Labute approximate surface area is 267 Å². The Bertz CT molecular complexity index is 1580. The van der Waals surface area contributed by atoms with Crippen LogP contribution >= 0.6 is 11.3 Å². The number of hydrogen-bond donors (Lipinski definition) is 1. The van der Waals surface area contributed by atoms with E-state index in [1.54, 1.807) is 25.2 Å². The Morgan fingerprint density at radius 2 is 1.93 bits per heavy atom. The van der Waals surface area contributed by atoms with E-state index in [1.165, 1.54) is 41.7 Å². The summed E-state index contributed by atoms with van der Waals surface area (Å²) in [7, 11) is 1.45. The van der Waals surface area contributed by atoms with E-state index in [1.807, 2.05) is 19.1 Å². The Hall–Kier alpha value is -4.02. The first kappa shape index (κ1) is 35.5. The van der Waals surface area contributed by atoms with Gasteiger partial charge >= 0.3 is 6.18 Å². The molecule has 1 fully saturated rings. The minimum atomic E-state index is -4.66. The fraction of sp³-hybridized carbons (Fsp3) is 0.343. The lowest BCUT2D eigenvalue weighted by atomic mass is 9.87. The lowest BCUT2D eigenvalue weighted by Crippen LogP contribution is -2.32. The monoisotopic (exact) mass is 638 g/mol. The quantitative estimate of drug-likeness (QED) is 0.158. The molecule has 2 aliphatic rings. The molecule has 1 saturated carbocycles. The molecule has 45 heavy (non-hydrogen) atoms. The minimum Gasteiger partial charge on any atom is -0.400 e. The summed E-state index contributed by atoms with van der Waals surface area (Å²) in [6, 6.07) is 6.47. The number of benzene rings is 1. The van der Waals surface area contributed by atoms with Gasteiger partial charge in [-0.25, -0.2) is 4.98 Å². The summed E-state index contributed by atoms with van der Waals surface area (Å²) >= 11 is 1.23. The van der Waals surface area contributed by atoms with Crippen molar-refractivity contribution in [1.82, 2.24) is 10.1 Å². The molecule has 2 aliphatic carbocycles. The molecule has 240 valence electrons. The number of aromatic nitrogens is 2. The molecule has 0 aliphatic heterocycles. The fourth-order valence-electron chi connectivity index (χ4n) is 5.49. The molecule has 2 N–H and O–H groups in total. The summed E-state index contributed by atoms with van der Waals surface area (Å²) in [6.07, 6.45) is 11.5. The van der Waals surface area contributed by atoms with Crippen molar-refractivity contribution in [3.63, 3.8) is 0 Å². The number of nitrogens with two attached hydrogens (primary N) is 1. The van der Waals surface area contributed by atoms with Crippen molar-refractivity contribution in [2.75, 3.05) is 7.11 Å². The molecule has 2 aromatic heterocycles. The van der Waals surface area contributed by atoms with Gasteiger partial charge in [0.05, 0.1) is 10.6 Å². The van der Waals surface area contributed by atoms with Gasteiger partial charge in [-0.3, -0.25) is 0 Å². The molecule has 3 aromatic rings. The number of hydrogen-bond acceptors (Lipinski definition) is 7. The molecule has 2 unspecified atom stereocenters. The summed E-state index contributed by atoms with van der Waals surface area (Å²) in [5, 5.41) is 6.99. The molecule has 0 spiro atoms. The van der Waals surface area contributed by atoms with Crippen LogP contribution in [0.1, 0.15) is 74.0 Å². The third kappa shape index (κ3) is 8.79. The Morgan fingerprint density at radius 3 is 2.47 bits per heavy atom. The van der Waals surface area contributed by atoms with Crippen LogP contribution in [0.3, 0.4) is 0 Å². The van der Waals surface area contributed by atoms with Crippen molar-refractivity contribution in [2.24, 2.45) is 10.9 Å². The summed E-state index contributed by atoms with van der Waals surface area (Å²) in [4.78, 5) is 9.54. The Morgan fingerprint density at radius 1 is 1.20 bits per heavy atom. The molecule has 0 bridgehead atoms. The molecular weight excluding hydrogens is 597 g/mol. The van der Waals surface area contributed by atoms with Crippen LogP contribution in [0.2, 0.25) is 0 Å². The van der Waals surface area contributed by atoms with Gasteiger partial charge < -0.3 is 15.1 Å². The number of fused-ring (bicyclic) bond motifs is 3. The first-order valence-electron chi connectivity index (χ1n) is 14.6. The second kappa shape index (κ2) is 15.8. The van der Waals surface area contributed by atoms with Crippen LogP contribution < -0.4 is 5.73 Å². The Balaban J connectivity index is 0.000000543. The number of rotatable bonds is 7. The maximum absolute atomic E-state index is 14.2. The van der Waals surface area contributed by atoms with E-state index in [0.717, 1.165) is 41.8 Å². The maximum atomic E-state index is 14.2. The average molecular weight is 639 g/mol. The van der Waals surface area contributed by atoms with Crippen molar-refractivity contribution >= 4 is 23.6 Å². The van der Waals surface area contributed by atoms with Gasteiger partial charge in [-0.15, -0.1) is 16.5 Å². The van der Waals surface area contributed by atoms with Crippen LogP contribution in [0.5, 0.6) is 0 Å². The van der Waals surface area contributed by atoms with Gasteiger partial charge in [-0.05, 0) is 75.5 Å². The molecule has 6 nitrogen and oxygen atoms in total. The molecule has 0 radical (unpaired) electrons. The van der Waals surface area contributed by atoms with E-state index in [9.17, 15) is 13.2 Å². The highest BCUT2D eigenvalue weighted by Crippen LogP contribution is 2.47. The third-order valence-electron chi connectivity index (χ3n) is 7.49. The molecule has 5 rings (SSSR count). The number of oxime groups is 1. The summed E-state index contributed by atoms with van der Waals surface area (Å²) in [5.41, 5.74) is 9.65. The normalized spacial score (nSPS) is 19.2. The molecule has 0 saturated heterocycles. The SMILES string of the molecule is C=C/C=C(\C=C/C)c1noc(-c2nc3c(s2)-c2ccc(C4CCC(C)(N)C4)cc2CC3)c1C(F)(F)F.C=C/C=C/C.C=NOC. The number of halogens is 3. The van der Waals surface area contributed by atoms with Crippen LogP contribution in [-0.4, -0.2) is 29.5 Å². The number of alkyl halides is 3. The van der Waals surface area contributed by atoms with E-state index in [4.69, 9.17) is 10.3 Å². The van der Waals surface area contributed by atoms with Gasteiger partial charge in [-0.1, -0.05) is 79.0 Å². The van der Waals surface area contributed by atoms with Crippen molar-refractivity contribution in [3.05, 3.63) is 102 Å². The predicted octanol–water partition coefficient (Wildman–Crippen LogP) is 9.71. The zero-order valence-electron chi connectivity index (χ0n) is 26.3. The standard InChI is InChI=1S/C28H28F3N3OS.C5H8.C2H5NO/c1-4-6-16(7-5-2)23-22(28(29,30)31)24(35-34-23)26-33-21-11-9-18-14-17(8-10-20(18)25(21)36-26)19-12-13-27(3,32)15-19;1-3-5-4-2;1-3-4-2/h4-8,10,14,19H,1,9,11-13,15,32H2,2-3H3;3-5H,1H2,2H3;1H2,2H3/b7-5-,16-6+;5-4+;. The zero-order chi connectivity index (χ0) is 33.2. The van der Waals surface area contributed by atoms with Crippen molar-refractivity contribution in [1.29, 1.82) is 0 Å². The van der Waals surface area contributed by atoms with Gasteiger partial charge in [0, 0.05) is 17.8 Å². The highest BCUT2D eigenvalue weighted by atomic mass is 32.1. The highest BCUT2D eigenvalue weighted by Gasteiger charge is 2.42. The van der Waals surface area contributed by atoms with E-state index in [-0.39, 0.29) is 27.6 Å². The smallest absolute Gasteiger partial charge is 0.400 e. The van der Waals surface area contributed by atoms with Crippen molar-refractivity contribution in [2.45, 2.75) is 70.5 Å². The number of aryl methyl sites for hydroxylation is 2. The van der Waals surface area contributed by atoms with E-state index in [0.29, 0.717) is 12.3 Å². The first-order chi connectivity index (χ1) is 21.4. The molecule has 1 aromatic carbocycles. The fourth-order valence-corrected chi connectivity index (χ4v) is 6.64. The largest absolute Gasteiger partial charge is 0.422 e. The lowest BCUT2D eigenvalue weighted by Gasteiger charge is -2.20. The van der Waals surface area contributed by atoms with E-state index in [2.05, 4.69) is 65.1 Å². The third-order valence-corrected chi connectivity index (χ3v) is 8.62. The van der Waals surface area contributed by atoms with Crippen molar-refractivity contribution < 1.29 is 22.5 Å². The first-order valence-corrected chi connectivity index (χ1v) is 15.4. The van der Waals surface area contributed by atoms with Gasteiger partial charge in [-0.2, -0.15) is 13.2 Å². The van der Waals surface area contributed by atoms with Crippen LogP contribution in [0.4, 0.5) is 13.2 Å². The lowest BCUT2D eigenvalue weighted by molar-refractivity contribution is -0.137. The van der Waals surface area contributed by atoms with Gasteiger partial charge in [0.25, 0.3) is 0 Å². The second-order valence-electron chi connectivity index (χ2n) is 11.0. The summed E-state index contributed by atoms with van der Waals surface area (Å²) in [6.45, 7) is 15.9. The molecule has 0 amide bonds. The highest BCUT2D eigenvalue weighted by molar-refractivity contribution is 7.18. The zero-order valence-corrected chi connectivity index (χ0v) is 27.1. The average Bonchev–Trinajstić information content (AvgIpc) is 3.73. The van der Waals surface area contributed by atoms with Crippen LogP contribution in [0.15, 0.2) is 83.6 Å². The number of nitrogens with zero attached hydrogens (tertiary/aromatic N) is 3. The topological polar surface area (TPSA) is 86.5 Å². The number of allylic oxidation sites excluding steroid dienone is 8. The number of thiazole rings is 1. The molecular formula is C35H41F3N4O2S. The minimum absolute atomic E-state index is 0.125. The van der Waals surface area contributed by atoms with Crippen LogP contribution in [0, 0.1) is 0 Å². The second-order valence-corrected chi connectivity index (χ2v) is 12.0. The van der Waals surface area contributed by atoms with E-state index >= 15 is 0 Å². The molecule has 2 atom stereocenters. The molecule has 10 heteroatoms. The Kier molecular flexibility index (Phi) is 12.5. The summed E-state index contributed by atoms with van der Waals surface area (Å²) < 4.78 is 48.0. The molecule has 2 heterocycles. The van der Waals surface area contributed by atoms with Gasteiger partial charge in [0.15, 0.2) is 5.01 Å². The van der Waals surface area contributed by atoms with Crippen LogP contribution in [-0.2, 0) is 23.9 Å². The van der Waals surface area contributed by atoms with Crippen molar-refractivity contribution in [3.8, 4) is 21.2 Å². The van der Waals surface area contributed by atoms with Gasteiger partial charge in [0.2, 0.25) is 5.76 Å². The predicted molar refractivity (Wildman–Crippen MR) is 179 cm³/mol. The van der Waals surface area contributed by atoms with Crippen LogP contribution in [0.25, 0.3) is 26.8 Å². The summed E-state index contributed by atoms with van der Waals surface area (Å²) in [5.74, 6) is 0.100. The van der Waals surface area contributed by atoms with Gasteiger partial charge in [0.1, 0.15) is 18.4 Å². The van der Waals surface area contributed by atoms with E-state index < -0.39 is 11.7 Å².